The molecule has 0 aliphatic heterocycles. The molecule has 0 aliphatic rings. The highest BCUT2D eigenvalue weighted by atomic mass is 16.5. The molecule has 3 aromatic rings. The van der Waals surface area contributed by atoms with Gasteiger partial charge >= 0.3 is 0 Å². The van der Waals surface area contributed by atoms with Gasteiger partial charge in [0.15, 0.2) is 5.65 Å². The summed E-state index contributed by atoms with van der Waals surface area (Å²) in [6.07, 6.45) is 4.05. The Hall–Kier alpha value is -2.89. The standard InChI is InChI=1S/C19H22N4O2/c1-13(2)23-18-15(12-22-23)10-16(11-21-18)19(24)20-9-8-14-6-4-5-7-17(14)25-3/h4-7,10-13H,8-9H2,1-3H3,(H,20,24). The van der Waals surface area contributed by atoms with Crippen molar-refractivity contribution in [2.45, 2.75) is 26.3 Å². The van der Waals surface area contributed by atoms with Crippen LogP contribution in [-0.2, 0) is 6.42 Å². The van der Waals surface area contributed by atoms with Gasteiger partial charge in [-0.25, -0.2) is 9.67 Å². The Bertz CT molecular complexity index is 886. The smallest absolute Gasteiger partial charge is 0.252 e. The maximum atomic E-state index is 12.4. The molecule has 0 atom stereocenters. The molecule has 0 fully saturated rings. The molecule has 1 aromatic carbocycles. The highest BCUT2D eigenvalue weighted by Crippen LogP contribution is 2.18. The first-order valence-corrected chi connectivity index (χ1v) is 8.33. The van der Waals surface area contributed by atoms with E-state index in [0.29, 0.717) is 18.5 Å². The lowest BCUT2D eigenvalue weighted by molar-refractivity contribution is 0.0954. The molecule has 6 heteroatoms. The van der Waals surface area contributed by atoms with Crippen molar-refractivity contribution < 1.29 is 9.53 Å². The molecule has 0 saturated heterocycles. The van der Waals surface area contributed by atoms with Crippen LogP contribution in [0.1, 0.15) is 35.8 Å². The van der Waals surface area contributed by atoms with Gasteiger partial charge < -0.3 is 10.1 Å². The van der Waals surface area contributed by atoms with Crippen LogP contribution in [0.3, 0.4) is 0 Å². The van der Waals surface area contributed by atoms with Crippen LogP contribution in [0.2, 0.25) is 0 Å². The molecule has 0 aliphatic carbocycles. The number of fused-ring (bicyclic) bond motifs is 1. The third kappa shape index (κ3) is 3.63. The Kier molecular flexibility index (Phi) is 4.97. The van der Waals surface area contributed by atoms with E-state index >= 15 is 0 Å². The highest BCUT2D eigenvalue weighted by Gasteiger charge is 2.12. The van der Waals surface area contributed by atoms with Gasteiger partial charge in [-0.15, -0.1) is 0 Å². The molecule has 6 nitrogen and oxygen atoms in total. The highest BCUT2D eigenvalue weighted by molar-refractivity contribution is 5.96. The quantitative estimate of drug-likeness (QED) is 0.750. The van der Waals surface area contributed by atoms with Gasteiger partial charge in [0, 0.05) is 24.2 Å². The molecule has 1 amide bonds. The summed E-state index contributed by atoms with van der Waals surface area (Å²) in [5.74, 6) is 0.697. The van der Waals surface area contributed by atoms with E-state index in [-0.39, 0.29) is 11.9 Å². The van der Waals surface area contributed by atoms with Crippen molar-refractivity contribution in [1.82, 2.24) is 20.1 Å². The van der Waals surface area contributed by atoms with Crippen molar-refractivity contribution in [3.05, 3.63) is 53.9 Å². The average molecular weight is 338 g/mol. The number of nitrogens with zero attached hydrogens (tertiary/aromatic N) is 3. The average Bonchev–Trinajstić information content (AvgIpc) is 3.05. The molecule has 0 bridgehead atoms. The third-order valence-corrected chi connectivity index (χ3v) is 4.06. The van der Waals surface area contributed by atoms with Gasteiger partial charge in [-0.1, -0.05) is 18.2 Å². The predicted octanol–water partition coefficient (Wildman–Crippen LogP) is 2.99. The number of rotatable bonds is 6. The third-order valence-electron chi connectivity index (χ3n) is 4.06. The Morgan fingerprint density at radius 1 is 1.28 bits per heavy atom. The monoisotopic (exact) mass is 338 g/mol. The first-order chi connectivity index (χ1) is 12.1. The summed E-state index contributed by atoms with van der Waals surface area (Å²) in [5, 5.41) is 8.12. The summed E-state index contributed by atoms with van der Waals surface area (Å²) >= 11 is 0. The second-order valence-electron chi connectivity index (χ2n) is 6.14. The van der Waals surface area contributed by atoms with Gasteiger partial charge in [0.25, 0.3) is 5.91 Å². The lowest BCUT2D eigenvalue weighted by atomic mass is 10.1. The zero-order valence-electron chi connectivity index (χ0n) is 14.7. The minimum Gasteiger partial charge on any atom is -0.496 e. The SMILES string of the molecule is COc1ccccc1CCNC(=O)c1cnc2c(cnn2C(C)C)c1. The van der Waals surface area contributed by atoms with E-state index in [4.69, 9.17) is 4.74 Å². The van der Waals surface area contributed by atoms with Gasteiger partial charge in [0.1, 0.15) is 5.75 Å². The zero-order valence-corrected chi connectivity index (χ0v) is 14.7. The van der Waals surface area contributed by atoms with Crippen LogP contribution in [0.5, 0.6) is 5.75 Å². The first-order valence-electron chi connectivity index (χ1n) is 8.33. The molecular formula is C19H22N4O2. The zero-order chi connectivity index (χ0) is 17.8. The van der Waals surface area contributed by atoms with Crippen molar-refractivity contribution >= 4 is 16.9 Å². The summed E-state index contributed by atoms with van der Waals surface area (Å²) in [6.45, 7) is 4.63. The van der Waals surface area contributed by atoms with Crippen molar-refractivity contribution in [2.24, 2.45) is 0 Å². The van der Waals surface area contributed by atoms with Crippen LogP contribution < -0.4 is 10.1 Å². The summed E-state index contributed by atoms with van der Waals surface area (Å²) < 4.78 is 7.17. The number of carbonyl (C=O) groups is 1. The molecule has 2 heterocycles. The maximum absolute atomic E-state index is 12.4. The predicted molar refractivity (Wildman–Crippen MR) is 96.9 cm³/mol. The van der Waals surface area contributed by atoms with Crippen molar-refractivity contribution in [1.29, 1.82) is 0 Å². The fourth-order valence-corrected chi connectivity index (χ4v) is 2.76. The number of aromatic nitrogens is 3. The minimum absolute atomic E-state index is 0.137. The maximum Gasteiger partial charge on any atom is 0.252 e. The first kappa shape index (κ1) is 17.0. The topological polar surface area (TPSA) is 69.0 Å². The summed E-state index contributed by atoms with van der Waals surface area (Å²) in [5.41, 5.74) is 2.40. The normalized spacial score (nSPS) is 11.0. The van der Waals surface area contributed by atoms with Crippen LogP contribution in [-0.4, -0.2) is 34.3 Å². The number of pyridine rings is 1. The van der Waals surface area contributed by atoms with Gasteiger partial charge in [-0.05, 0) is 38.0 Å². The lowest BCUT2D eigenvalue weighted by Crippen LogP contribution is -2.25. The van der Waals surface area contributed by atoms with Gasteiger partial charge in [-0.2, -0.15) is 5.10 Å². The molecule has 3 rings (SSSR count). The molecule has 0 radical (unpaired) electrons. The Balaban J connectivity index is 1.66. The minimum atomic E-state index is -0.137. The van der Waals surface area contributed by atoms with E-state index in [9.17, 15) is 4.79 Å². The van der Waals surface area contributed by atoms with Gasteiger partial charge in [0.05, 0.1) is 18.9 Å². The summed E-state index contributed by atoms with van der Waals surface area (Å²) in [4.78, 5) is 16.8. The number of methoxy groups -OCH3 is 1. The molecule has 0 spiro atoms. The van der Waals surface area contributed by atoms with Crippen LogP contribution >= 0.6 is 0 Å². The molecule has 0 saturated carbocycles. The van der Waals surface area contributed by atoms with E-state index in [0.717, 1.165) is 22.3 Å². The van der Waals surface area contributed by atoms with E-state index < -0.39 is 0 Å². The van der Waals surface area contributed by atoms with E-state index in [1.807, 2.05) is 48.9 Å². The Morgan fingerprint density at radius 2 is 2.08 bits per heavy atom. The van der Waals surface area contributed by atoms with Crippen molar-refractivity contribution in [2.75, 3.05) is 13.7 Å². The molecule has 25 heavy (non-hydrogen) atoms. The van der Waals surface area contributed by atoms with Crippen LogP contribution in [0.15, 0.2) is 42.7 Å². The number of ether oxygens (including phenoxy) is 1. The fourth-order valence-electron chi connectivity index (χ4n) is 2.76. The molecule has 130 valence electrons. The Labute approximate surface area is 146 Å². The number of para-hydroxylation sites is 1. The largest absolute Gasteiger partial charge is 0.496 e. The second-order valence-corrected chi connectivity index (χ2v) is 6.14. The summed E-state index contributed by atoms with van der Waals surface area (Å²) in [6, 6.07) is 9.86. The Morgan fingerprint density at radius 3 is 2.84 bits per heavy atom. The number of hydrogen-bond acceptors (Lipinski definition) is 4. The van der Waals surface area contributed by atoms with Gasteiger partial charge in [-0.3, -0.25) is 4.79 Å². The fraction of sp³-hybridized carbons (Fsp3) is 0.316. The number of amides is 1. The second kappa shape index (κ2) is 7.34. The van der Waals surface area contributed by atoms with Crippen LogP contribution in [0.4, 0.5) is 0 Å². The van der Waals surface area contributed by atoms with Crippen LogP contribution in [0.25, 0.3) is 11.0 Å². The van der Waals surface area contributed by atoms with E-state index in [1.165, 1.54) is 0 Å². The van der Waals surface area contributed by atoms with E-state index in [2.05, 4.69) is 15.4 Å². The number of carbonyl (C=O) groups excluding carboxylic acids is 1. The van der Waals surface area contributed by atoms with Crippen molar-refractivity contribution in [3.8, 4) is 5.75 Å². The van der Waals surface area contributed by atoms with Gasteiger partial charge in [0.2, 0.25) is 0 Å². The van der Waals surface area contributed by atoms with Crippen LogP contribution in [0, 0.1) is 0 Å². The van der Waals surface area contributed by atoms with E-state index in [1.54, 1.807) is 19.5 Å². The number of benzene rings is 1. The molecule has 1 N–H and O–H groups in total. The molecule has 2 aromatic heterocycles. The summed E-state index contributed by atoms with van der Waals surface area (Å²) in [7, 11) is 1.65. The van der Waals surface area contributed by atoms with Crippen molar-refractivity contribution in [3.63, 3.8) is 0 Å². The number of hydrogen-bond donors (Lipinski definition) is 1. The molecule has 0 unspecified atom stereocenters. The number of nitrogens with one attached hydrogen (secondary N) is 1. The lowest BCUT2D eigenvalue weighted by Gasteiger charge is -2.09. The molecular weight excluding hydrogens is 316 g/mol.